The minimum absolute atomic E-state index is 0. The van der Waals surface area contributed by atoms with Crippen molar-refractivity contribution in [2.24, 2.45) is 0 Å². The summed E-state index contributed by atoms with van der Waals surface area (Å²) >= 11 is 0. The second-order valence-electron chi connectivity index (χ2n) is 8.18. The molecule has 0 bridgehead atoms. The zero-order valence-corrected chi connectivity index (χ0v) is 19.6. The van der Waals surface area contributed by atoms with Crippen molar-refractivity contribution < 1.29 is 19.1 Å². The number of hydrogen-bond acceptors (Lipinski definition) is 3. The van der Waals surface area contributed by atoms with Crippen molar-refractivity contribution in [2.45, 2.75) is 58.2 Å². The third-order valence-corrected chi connectivity index (χ3v) is 11.5. The zero-order chi connectivity index (χ0) is 21.1. The fourth-order valence-corrected chi connectivity index (χ4v) is 9.56. The average molecular weight is 409 g/mol. The fraction of sp³-hybridized carbons (Fsp3) is 0.455. The van der Waals surface area contributed by atoms with Gasteiger partial charge in [-0.2, -0.15) is 0 Å². The number of amides is 1. The minimum Gasteiger partial charge on any atom is -0.543 e. The third-order valence-electron chi connectivity index (χ3n) is 5.50. The summed E-state index contributed by atoms with van der Waals surface area (Å²) in [5, 5.41) is 12.9. The van der Waals surface area contributed by atoms with Gasteiger partial charge in [-0.3, -0.25) is 9.59 Å². The number of aliphatic carboxylic acids is 1. The number of hydrogen-bond donors (Lipinski definition) is 2. The van der Waals surface area contributed by atoms with Crippen molar-refractivity contribution in [1.29, 1.82) is 0 Å². The monoisotopic (exact) mass is 408 g/mol. The van der Waals surface area contributed by atoms with Crippen molar-refractivity contribution in [2.75, 3.05) is 6.54 Å². The zero-order valence-electron chi connectivity index (χ0n) is 18.6. The Morgan fingerprint density at radius 1 is 1.00 bits per heavy atom. The molecule has 0 aliphatic rings. The molecule has 7 heteroatoms. The second kappa shape index (κ2) is 10.3. The molecule has 0 aliphatic heterocycles. The predicted molar refractivity (Wildman–Crippen MR) is 121 cm³/mol. The van der Waals surface area contributed by atoms with Gasteiger partial charge in [0.2, 0.25) is 0 Å². The Hall–Kier alpha value is -1.75. The molecule has 0 aliphatic carbocycles. The Kier molecular flexibility index (Phi) is 9.01. The molecule has 153 valence electrons. The molecule has 0 unspecified atom stereocenters. The van der Waals surface area contributed by atoms with E-state index in [1.54, 1.807) is 12.1 Å². The second-order valence-corrected chi connectivity index (χ2v) is 13.6. The number of benzene rings is 2. The van der Waals surface area contributed by atoms with Gasteiger partial charge in [-0.15, -0.1) is 0 Å². The van der Waals surface area contributed by atoms with Crippen LogP contribution in [0.15, 0.2) is 36.4 Å². The van der Waals surface area contributed by atoms with Crippen LogP contribution in [-0.2, 0) is 4.79 Å². The predicted octanol–water partition coefficient (Wildman–Crippen LogP) is 4.83. The van der Waals surface area contributed by atoms with E-state index in [1.807, 2.05) is 24.3 Å². The van der Waals surface area contributed by atoms with Gasteiger partial charge in [0.1, 0.15) is 12.3 Å². The molecule has 0 fully saturated rings. The minimum atomic E-state index is -2.11. The molecule has 1 radical (unpaired) electrons. The van der Waals surface area contributed by atoms with Crippen molar-refractivity contribution in [3.8, 4) is 5.75 Å². The summed E-state index contributed by atoms with van der Waals surface area (Å²) in [5.41, 5.74) is 1.78. The van der Waals surface area contributed by atoms with Gasteiger partial charge in [0.05, 0.1) is 0 Å². The van der Waals surface area contributed by atoms with Crippen LogP contribution >= 0.6 is 0 Å². The van der Waals surface area contributed by atoms with Gasteiger partial charge in [0, 0.05) is 24.4 Å². The van der Waals surface area contributed by atoms with Crippen LogP contribution in [0.5, 0.6) is 5.75 Å². The Labute approximate surface area is 186 Å². The van der Waals surface area contributed by atoms with Gasteiger partial charge in [0.25, 0.3) is 14.2 Å². The molecule has 0 saturated carbocycles. The molecule has 2 aromatic rings. The molecule has 29 heavy (non-hydrogen) atoms. The number of fused-ring (bicyclic) bond motifs is 1. The standard InChI is InChI=1S/C22H31NO4Si.Li/c1-14(2)28(15(3)4,16(5)6)27-18-11-10-17-8-7-9-19(20(17)12-18)22(26)23-13-21(24)25;/h7-12,14-16H,13H2,1-6H3,(H,23,26)(H,24,25);. The largest absolute Gasteiger partial charge is 0.543 e. The van der Waals surface area contributed by atoms with Crippen molar-refractivity contribution >= 4 is 49.8 Å². The first-order valence-electron chi connectivity index (χ1n) is 9.81. The Morgan fingerprint density at radius 3 is 2.10 bits per heavy atom. The fourth-order valence-electron chi connectivity index (χ4n) is 4.32. The van der Waals surface area contributed by atoms with Gasteiger partial charge in [0.15, 0.2) is 0 Å². The van der Waals surface area contributed by atoms with E-state index >= 15 is 0 Å². The average Bonchev–Trinajstić information content (AvgIpc) is 2.62. The molecule has 2 N–H and O–H groups in total. The summed E-state index contributed by atoms with van der Waals surface area (Å²) in [5.74, 6) is -0.696. The maximum Gasteiger partial charge on any atom is 0.322 e. The molecular weight excluding hydrogens is 377 g/mol. The molecule has 2 rings (SSSR count). The van der Waals surface area contributed by atoms with Gasteiger partial charge in [-0.05, 0) is 45.6 Å². The number of nitrogens with one attached hydrogen (secondary N) is 1. The summed E-state index contributed by atoms with van der Waals surface area (Å²) in [7, 11) is -2.11. The maximum absolute atomic E-state index is 12.5. The third kappa shape index (κ3) is 5.45. The molecule has 0 atom stereocenters. The van der Waals surface area contributed by atoms with Gasteiger partial charge in [-0.1, -0.05) is 59.7 Å². The first-order chi connectivity index (χ1) is 13.1. The SMILES string of the molecule is CC(C)[Si](Oc1ccc2cccc(C(=O)NCC(=O)O)c2c1)(C(C)C)C(C)C.[Li]. The molecule has 0 heterocycles. The smallest absolute Gasteiger partial charge is 0.322 e. The van der Waals surface area contributed by atoms with Crippen LogP contribution in [0, 0.1) is 0 Å². The van der Waals surface area contributed by atoms with Crippen molar-refractivity contribution in [1.82, 2.24) is 5.32 Å². The van der Waals surface area contributed by atoms with Crippen molar-refractivity contribution in [3.63, 3.8) is 0 Å². The summed E-state index contributed by atoms with van der Waals surface area (Å²) < 4.78 is 6.74. The molecule has 0 spiro atoms. The van der Waals surface area contributed by atoms with Crippen molar-refractivity contribution in [3.05, 3.63) is 42.0 Å². The summed E-state index contributed by atoms with van der Waals surface area (Å²) in [6.07, 6.45) is 0. The Bertz CT molecular complexity index is 845. The molecular formula is C22H31LiNO4Si. The van der Waals surface area contributed by atoms with Crippen LogP contribution in [0.4, 0.5) is 0 Å². The summed E-state index contributed by atoms with van der Waals surface area (Å²) in [6, 6.07) is 11.3. The van der Waals surface area contributed by atoms with E-state index in [0.717, 1.165) is 16.5 Å². The van der Waals surface area contributed by atoms with Gasteiger partial charge >= 0.3 is 5.97 Å². The maximum atomic E-state index is 12.5. The topological polar surface area (TPSA) is 75.6 Å². The number of carbonyl (C=O) groups is 2. The van der Waals surface area contributed by atoms with Gasteiger partial charge < -0.3 is 14.8 Å². The van der Waals surface area contributed by atoms with E-state index in [4.69, 9.17) is 9.53 Å². The number of carboxylic acids is 1. The van der Waals surface area contributed by atoms with E-state index in [-0.39, 0.29) is 18.9 Å². The summed E-state index contributed by atoms with van der Waals surface area (Å²) in [6.45, 7) is 13.0. The normalized spacial score (nSPS) is 11.6. The van der Waals surface area contributed by atoms with E-state index in [1.165, 1.54) is 0 Å². The molecule has 5 nitrogen and oxygen atoms in total. The Morgan fingerprint density at radius 2 is 1.59 bits per heavy atom. The quantitative estimate of drug-likeness (QED) is 0.614. The van der Waals surface area contributed by atoms with Crippen LogP contribution in [0.2, 0.25) is 16.6 Å². The van der Waals surface area contributed by atoms with E-state index in [9.17, 15) is 9.59 Å². The molecule has 1 amide bonds. The van der Waals surface area contributed by atoms with E-state index in [0.29, 0.717) is 22.2 Å². The number of carboxylic acid groups (broad SMARTS) is 1. The molecule has 0 saturated heterocycles. The number of carbonyl (C=O) groups excluding carboxylic acids is 1. The first-order valence-corrected chi connectivity index (χ1v) is 11.9. The Balaban J connectivity index is 0.00000420. The van der Waals surface area contributed by atoms with Crippen LogP contribution in [-0.4, -0.2) is 50.7 Å². The van der Waals surface area contributed by atoms with E-state index < -0.39 is 26.7 Å². The van der Waals surface area contributed by atoms with Crippen LogP contribution in [0.3, 0.4) is 0 Å². The summed E-state index contributed by atoms with van der Waals surface area (Å²) in [4.78, 5) is 23.2. The molecule has 0 aromatic heterocycles. The van der Waals surface area contributed by atoms with Gasteiger partial charge in [-0.25, -0.2) is 0 Å². The first kappa shape index (κ1) is 25.3. The van der Waals surface area contributed by atoms with Crippen LogP contribution < -0.4 is 9.74 Å². The van der Waals surface area contributed by atoms with Crippen LogP contribution in [0.1, 0.15) is 51.9 Å². The van der Waals surface area contributed by atoms with Crippen LogP contribution in [0.25, 0.3) is 10.8 Å². The molecule has 2 aromatic carbocycles. The number of rotatable bonds is 8. The van der Waals surface area contributed by atoms with E-state index in [2.05, 4.69) is 46.9 Å².